The minimum Gasteiger partial charge on any atom is -0.347 e. The van der Waals surface area contributed by atoms with Crippen molar-refractivity contribution in [3.05, 3.63) is 90.6 Å². The molecule has 2 amide bonds. The normalized spacial score (nSPS) is 10.7. The fourth-order valence-corrected chi connectivity index (χ4v) is 3.20. The number of aromatic nitrogens is 3. The minimum absolute atomic E-state index is 0.319. The molecule has 30 heavy (non-hydrogen) atoms. The van der Waals surface area contributed by atoms with Crippen molar-refractivity contribution >= 4 is 28.4 Å². The SMILES string of the molecule is O=C(NCCc1nccn1Cc1ccccc1)C(=O)Nc1ccc2ncccc2c1. The van der Waals surface area contributed by atoms with Crippen LogP contribution in [0, 0.1) is 0 Å². The third kappa shape index (κ3) is 4.70. The first kappa shape index (κ1) is 19.3. The number of rotatable bonds is 6. The van der Waals surface area contributed by atoms with E-state index in [2.05, 4.69) is 32.7 Å². The van der Waals surface area contributed by atoms with Gasteiger partial charge in [0.25, 0.3) is 0 Å². The topological polar surface area (TPSA) is 88.9 Å². The molecule has 4 aromatic rings. The number of carbonyl (C=O) groups is 2. The fourth-order valence-electron chi connectivity index (χ4n) is 3.20. The third-order valence-corrected chi connectivity index (χ3v) is 4.70. The van der Waals surface area contributed by atoms with Crippen molar-refractivity contribution in [1.29, 1.82) is 0 Å². The molecule has 0 saturated carbocycles. The summed E-state index contributed by atoms with van der Waals surface area (Å²) in [6.45, 7) is 1.03. The molecule has 0 atom stereocenters. The zero-order valence-electron chi connectivity index (χ0n) is 16.3. The molecule has 0 aliphatic heterocycles. The number of imidazole rings is 1. The molecule has 0 saturated heterocycles. The lowest BCUT2D eigenvalue weighted by Crippen LogP contribution is -2.36. The molecule has 0 bridgehead atoms. The molecule has 2 aromatic carbocycles. The molecule has 0 radical (unpaired) electrons. The van der Waals surface area contributed by atoms with Crippen LogP contribution in [0.15, 0.2) is 79.3 Å². The van der Waals surface area contributed by atoms with E-state index in [9.17, 15) is 9.59 Å². The van der Waals surface area contributed by atoms with Gasteiger partial charge in [0.15, 0.2) is 0 Å². The molecule has 4 rings (SSSR count). The largest absolute Gasteiger partial charge is 0.347 e. The second kappa shape index (κ2) is 9.00. The van der Waals surface area contributed by atoms with Gasteiger partial charge in [0.1, 0.15) is 5.82 Å². The summed E-state index contributed by atoms with van der Waals surface area (Å²) >= 11 is 0. The Labute approximate surface area is 173 Å². The van der Waals surface area contributed by atoms with Crippen LogP contribution in [0.3, 0.4) is 0 Å². The Hall–Kier alpha value is -4.00. The summed E-state index contributed by atoms with van der Waals surface area (Å²) < 4.78 is 2.03. The lowest BCUT2D eigenvalue weighted by atomic mass is 10.2. The number of anilines is 1. The fraction of sp³-hybridized carbons (Fsp3) is 0.130. The average molecular weight is 399 g/mol. The molecule has 7 heteroatoms. The number of hydrogen-bond donors (Lipinski definition) is 2. The maximum absolute atomic E-state index is 12.2. The first-order valence-electron chi connectivity index (χ1n) is 9.67. The van der Waals surface area contributed by atoms with Crippen LogP contribution in [0.25, 0.3) is 10.9 Å². The summed E-state index contributed by atoms with van der Waals surface area (Å²) in [6.07, 6.45) is 5.88. The molecule has 0 aliphatic rings. The molecule has 2 aromatic heterocycles. The van der Waals surface area contributed by atoms with E-state index in [1.165, 1.54) is 5.56 Å². The van der Waals surface area contributed by atoms with Gasteiger partial charge in [-0.05, 0) is 29.8 Å². The Bertz CT molecular complexity index is 1170. The lowest BCUT2D eigenvalue weighted by molar-refractivity contribution is -0.136. The summed E-state index contributed by atoms with van der Waals surface area (Å²) in [5.41, 5.74) is 2.55. The maximum atomic E-state index is 12.2. The van der Waals surface area contributed by atoms with E-state index in [4.69, 9.17) is 0 Å². The molecular formula is C23H21N5O2. The van der Waals surface area contributed by atoms with Gasteiger partial charge in [-0.2, -0.15) is 0 Å². The quantitative estimate of drug-likeness (QED) is 0.488. The Morgan fingerprint density at radius 1 is 0.900 bits per heavy atom. The predicted octanol–water partition coefficient (Wildman–Crippen LogP) is 2.78. The van der Waals surface area contributed by atoms with Crippen molar-refractivity contribution in [3.63, 3.8) is 0 Å². The molecule has 0 spiro atoms. The van der Waals surface area contributed by atoms with Crippen molar-refractivity contribution < 1.29 is 9.59 Å². The summed E-state index contributed by atoms with van der Waals surface area (Å²) in [6, 6.07) is 19.1. The molecule has 0 fully saturated rings. The molecule has 0 unspecified atom stereocenters. The highest BCUT2D eigenvalue weighted by Crippen LogP contribution is 2.16. The zero-order chi connectivity index (χ0) is 20.8. The van der Waals surface area contributed by atoms with Gasteiger partial charge >= 0.3 is 11.8 Å². The molecule has 0 aliphatic carbocycles. The van der Waals surface area contributed by atoms with E-state index in [0.717, 1.165) is 16.7 Å². The van der Waals surface area contributed by atoms with Gasteiger partial charge < -0.3 is 15.2 Å². The summed E-state index contributed by atoms with van der Waals surface area (Å²) in [7, 11) is 0. The van der Waals surface area contributed by atoms with E-state index >= 15 is 0 Å². The molecule has 7 nitrogen and oxygen atoms in total. The summed E-state index contributed by atoms with van der Waals surface area (Å²) in [5, 5.41) is 6.16. The molecule has 150 valence electrons. The lowest BCUT2D eigenvalue weighted by Gasteiger charge is -2.09. The monoisotopic (exact) mass is 399 g/mol. The number of carbonyl (C=O) groups excluding carboxylic acids is 2. The second-order valence-corrected chi connectivity index (χ2v) is 6.83. The first-order chi connectivity index (χ1) is 14.7. The van der Waals surface area contributed by atoms with Crippen LogP contribution in [0.2, 0.25) is 0 Å². The first-order valence-corrected chi connectivity index (χ1v) is 9.67. The average Bonchev–Trinajstić information content (AvgIpc) is 3.21. The Morgan fingerprint density at radius 2 is 1.77 bits per heavy atom. The van der Waals surface area contributed by atoms with Gasteiger partial charge in [0, 0.05) is 49.2 Å². The molecular weight excluding hydrogens is 378 g/mol. The zero-order valence-corrected chi connectivity index (χ0v) is 16.3. The standard InChI is InChI=1S/C23H21N5O2/c29-22(23(30)27-19-8-9-20-18(15-19)7-4-11-24-20)26-12-10-21-25-13-14-28(21)16-17-5-2-1-3-6-17/h1-9,11,13-15H,10,12,16H2,(H,26,29)(H,27,30). The molecule has 2 N–H and O–H groups in total. The smallest absolute Gasteiger partial charge is 0.313 e. The maximum Gasteiger partial charge on any atom is 0.313 e. The van der Waals surface area contributed by atoms with Crippen LogP contribution >= 0.6 is 0 Å². The third-order valence-electron chi connectivity index (χ3n) is 4.70. The highest BCUT2D eigenvalue weighted by Gasteiger charge is 2.14. The number of pyridine rings is 1. The van der Waals surface area contributed by atoms with Crippen molar-refractivity contribution in [2.24, 2.45) is 0 Å². The van der Waals surface area contributed by atoms with Crippen molar-refractivity contribution in [1.82, 2.24) is 19.9 Å². The van der Waals surface area contributed by atoms with Crippen LogP contribution in [-0.4, -0.2) is 32.9 Å². The van der Waals surface area contributed by atoms with Gasteiger partial charge in [0.05, 0.1) is 5.52 Å². The van der Waals surface area contributed by atoms with E-state index in [1.54, 1.807) is 30.6 Å². The van der Waals surface area contributed by atoms with Gasteiger partial charge in [-0.1, -0.05) is 36.4 Å². The van der Waals surface area contributed by atoms with Gasteiger partial charge in [0.2, 0.25) is 0 Å². The number of fused-ring (bicyclic) bond motifs is 1. The number of nitrogens with one attached hydrogen (secondary N) is 2. The summed E-state index contributed by atoms with van der Waals surface area (Å²) in [4.78, 5) is 32.9. The van der Waals surface area contributed by atoms with Gasteiger partial charge in [-0.3, -0.25) is 14.6 Å². The van der Waals surface area contributed by atoms with Crippen molar-refractivity contribution in [3.8, 4) is 0 Å². The van der Waals surface area contributed by atoms with E-state index < -0.39 is 11.8 Å². The Kier molecular flexibility index (Phi) is 5.80. The van der Waals surface area contributed by atoms with Gasteiger partial charge in [-0.25, -0.2) is 4.98 Å². The predicted molar refractivity (Wildman–Crippen MR) is 115 cm³/mol. The van der Waals surface area contributed by atoms with Crippen molar-refractivity contribution in [2.45, 2.75) is 13.0 Å². The van der Waals surface area contributed by atoms with Gasteiger partial charge in [-0.15, -0.1) is 0 Å². The second-order valence-electron chi connectivity index (χ2n) is 6.83. The Balaban J connectivity index is 1.29. The number of hydrogen-bond acceptors (Lipinski definition) is 4. The van der Waals surface area contributed by atoms with E-state index in [-0.39, 0.29) is 0 Å². The van der Waals surface area contributed by atoms with Crippen LogP contribution in [0.1, 0.15) is 11.4 Å². The summed E-state index contributed by atoms with van der Waals surface area (Å²) in [5.74, 6) is -0.532. The van der Waals surface area contributed by atoms with Crippen LogP contribution in [0.4, 0.5) is 5.69 Å². The minimum atomic E-state index is -0.703. The van der Waals surface area contributed by atoms with Crippen LogP contribution in [0.5, 0.6) is 0 Å². The number of benzene rings is 2. The highest BCUT2D eigenvalue weighted by molar-refractivity contribution is 6.39. The molecule has 2 heterocycles. The van der Waals surface area contributed by atoms with Crippen LogP contribution < -0.4 is 10.6 Å². The van der Waals surface area contributed by atoms with Crippen molar-refractivity contribution in [2.75, 3.05) is 11.9 Å². The van der Waals surface area contributed by atoms with E-state index in [0.29, 0.717) is 25.2 Å². The van der Waals surface area contributed by atoms with Crippen LogP contribution in [-0.2, 0) is 22.6 Å². The Morgan fingerprint density at radius 3 is 2.63 bits per heavy atom. The highest BCUT2D eigenvalue weighted by atomic mass is 16.2. The number of nitrogens with zero attached hydrogens (tertiary/aromatic N) is 3. The van der Waals surface area contributed by atoms with E-state index in [1.807, 2.05) is 41.1 Å². The number of amides is 2.